The summed E-state index contributed by atoms with van der Waals surface area (Å²) in [5.74, 6) is -1.27. The lowest BCUT2D eigenvalue weighted by Crippen LogP contribution is -2.23. The molecule has 0 aromatic heterocycles. The van der Waals surface area contributed by atoms with Crippen LogP contribution in [0.15, 0.2) is 18.2 Å². The highest BCUT2D eigenvalue weighted by molar-refractivity contribution is 5.41. The van der Waals surface area contributed by atoms with Crippen molar-refractivity contribution >= 4 is 0 Å². The molecular formula is C33H39F4N. The van der Waals surface area contributed by atoms with Crippen LogP contribution in [-0.4, -0.2) is 0 Å². The standard InChI is InChI=1S/C33H39F4N/c1-2-20-3-5-21(6-4-20)7-8-22-9-16-27-28(17-22)32(36)33(37)30(31(27)35)24-12-10-23(11-13-24)25-14-15-26(19-38)29(34)18-25/h14-15,18,20-24H,2-13,16-17H2,1H3. The van der Waals surface area contributed by atoms with Crippen LogP contribution >= 0.6 is 0 Å². The highest BCUT2D eigenvalue weighted by atomic mass is 19.2. The van der Waals surface area contributed by atoms with Crippen molar-refractivity contribution in [3.63, 3.8) is 0 Å². The number of rotatable bonds is 6. The van der Waals surface area contributed by atoms with E-state index in [-0.39, 0.29) is 28.5 Å². The molecule has 2 fully saturated rings. The van der Waals surface area contributed by atoms with E-state index < -0.39 is 23.3 Å². The predicted octanol–water partition coefficient (Wildman–Crippen LogP) is 9.66. The van der Waals surface area contributed by atoms with E-state index in [4.69, 9.17) is 5.26 Å². The summed E-state index contributed by atoms with van der Waals surface area (Å²) >= 11 is 0. The summed E-state index contributed by atoms with van der Waals surface area (Å²) in [5.41, 5.74) is 1.42. The van der Waals surface area contributed by atoms with Crippen molar-refractivity contribution < 1.29 is 17.6 Å². The number of hydrogen-bond donors (Lipinski definition) is 0. The van der Waals surface area contributed by atoms with Gasteiger partial charge < -0.3 is 0 Å². The summed E-state index contributed by atoms with van der Waals surface area (Å²) in [7, 11) is 0. The first-order chi connectivity index (χ1) is 18.4. The number of halogens is 4. The molecule has 1 atom stereocenters. The van der Waals surface area contributed by atoms with Crippen LogP contribution < -0.4 is 0 Å². The molecule has 0 radical (unpaired) electrons. The SMILES string of the molecule is CCC1CCC(CCC2CCc3c(F)c(C4CCC(c5ccc(C#N)c(F)c5)CC4)c(F)c(F)c3C2)CC1. The van der Waals surface area contributed by atoms with E-state index in [1.54, 1.807) is 6.07 Å². The van der Waals surface area contributed by atoms with E-state index in [1.165, 1.54) is 44.2 Å². The smallest absolute Gasteiger partial charge is 0.165 e. The van der Waals surface area contributed by atoms with Crippen molar-refractivity contribution in [1.29, 1.82) is 5.26 Å². The van der Waals surface area contributed by atoms with Gasteiger partial charge in [0.15, 0.2) is 11.6 Å². The van der Waals surface area contributed by atoms with Crippen molar-refractivity contribution in [3.8, 4) is 6.07 Å². The second-order valence-corrected chi connectivity index (χ2v) is 12.2. The number of nitrogens with zero attached hydrogens (tertiary/aromatic N) is 1. The van der Waals surface area contributed by atoms with Crippen molar-refractivity contribution in [2.45, 2.75) is 109 Å². The Hall–Kier alpha value is -2.35. The van der Waals surface area contributed by atoms with Crippen LogP contribution in [0.1, 0.15) is 124 Å². The highest BCUT2D eigenvalue weighted by Crippen LogP contribution is 2.45. The molecule has 2 aromatic rings. The molecule has 0 N–H and O–H groups in total. The molecule has 5 heteroatoms. The molecule has 0 spiro atoms. The molecule has 2 saturated carbocycles. The minimum Gasteiger partial charge on any atom is -0.206 e. The zero-order chi connectivity index (χ0) is 26.8. The molecule has 0 amide bonds. The Labute approximate surface area is 224 Å². The van der Waals surface area contributed by atoms with Gasteiger partial charge in [0, 0.05) is 5.56 Å². The van der Waals surface area contributed by atoms with Gasteiger partial charge in [0.05, 0.1) is 5.56 Å². The molecule has 0 saturated heterocycles. The highest BCUT2D eigenvalue weighted by Gasteiger charge is 2.35. The normalized spacial score (nSPS) is 27.5. The first-order valence-corrected chi connectivity index (χ1v) is 14.8. The van der Waals surface area contributed by atoms with E-state index in [0.29, 0.717) is 50.0 Å². The van der Waals surface area contributed by atoms with Gasteiger partial charge in [0.25, 0.3) is 0 Å². The molecule has 5 rings (SSSR count). The average molecular weight is 526 g/mol. The summed E-state index contributed by atoms with van der Waals surface area (Å²) < 4.78 is 60.6. The third-order valence-corrected chi connectivity index (χ3v) is 10.1. The van der Waals surface area contributed by atoms with Gasteiger partial charge in [-0.25, -0.2) is 17.6 Å². The van der Waals surface area contributed by atoms with Gasteiger partial charge in [-0.1, -0.05) is 51.5 Å². The molecule has 0 bridgehead atoms. The zero-order valence-corrected chi connectivity index (χ0v) is 22.5. The van der Waals surface area contributed by atoms with Crippen LogP contribution in [0.3, 0.4) is 0 Å². The lowest BCUT2D eigenvalue weighted by molar-refractivity contribution is 0.240. The Morgan fingerprint density at radius 1 is 0.737 bits per heavy atom. The fourth-order valence-electron chi connectivity index (χ4n) is 7.58. The van der Waals surface area contributed by atoms with Gasteiger partial charge in [0.1, 0.15) is 17.7 Å². The van der Waals surface area contributed by atoms with E-state index >= 15 is 13.2 Å². The zero-order valence-electron chi connectivity index (χ0n) is 22.5. The van der Waals surface area contributed by atoms with Crippen LogP contribution in [0.25, 0.3) is 0 Å². The number of hydrogen-bond acceptors (Lipinski definition) is 1. The van der Waals surface area contributed by atoms with Crippen molar-refractivity contribution in [2.75, 3.05) is 0 Å². The quantitative estimate of drug-likeness (QED) is 0.272. The molecule has 38 heavy (non-hydrogen) atoms. The molecule has 3 aliphatic carbocycles. The lowest BCUT2D eigenvalue weighted by atomic mass is 9.73. The molecule has 204 valence electrons. The van der Waals surface area contributed by atoms with Crippen molar-refractivity contribution in [2.24, 2.45) is 17.8 Å². The van der Waals surface area contributed by atoms with Crippen LogP contribution in [0.2, 0.25) is 0 Å². The van der Waals surface area contributed by atoms with Crippen LogP contribution in [0.4, 0.5) is 17.6 Å². The maximum atomic E-state index is 15.7. The van der Waals surface area contributed by atoms with Gasteiger partial charge >= 0.3 is 0 Å². The molecule has 3 aliphatic rings. The van der Waals surface area contributed by atoms with E-state index in [2.05, 4.69) is 6.92 Å². The molecule has 0 aliphatic heterocycles. The molecular weight excluding hydrogens is 486 g/mol. The minimum absolute atomic E-state index is 0.0115. The fraction of sp³-hybridized carbons (Fsp3) is 0.606. The van der Waals surface area contributed by atoms with Crippen LogP contribution in [0.5, 0.6) is 0 Å². The van der Waals surface area contributed by atoms with E-state index in [0.717, 1.165) is 36.7 Å². The second kappa shape index (κ2) is 11.8. The average Bonchev–Trinajstić information content (AvgIpc) is 2.95. The first-order valence-electron chi connectivity index (χ1n) is 14.8. The Balaban J connectivity index is 1.23. The third kappa shape index (κ3) is 5.51. The van der Waals surface area contributed by atoms with Crippen molar-refractivity contribution in [3.05, 3.63) is 69.3 Å². The monoisotopic (exact) mass is 525 g/mol. The molecule has 2 aromatic carbocycles. The summed E-state index contributed by atoms with van der Waals surface area (Å²) in [6.07, 6.45) is 12.8. The Kier molecular flexibility index (Phi) is 8.46. The molecule has 1 nitrogen and oxygen atoms in total. The third-order valence-electron chi connectivity index (χ3n) is 10.1. The van der Waals surface area contributed by atoms with Gasteiger partial charge in [-0.3, -0.25) is 0 Å². The summed E-state index contributed by atoms with van der Waals surface area (Å²) in [6.45, 7) is 2.27. The van der Waals surface area contributed by atoms with Crippen LogP contribution in [0, 0.1) is 52.4 Å². The Bertz CT molecular complexity index is 1180. The van der Waals surface area contributed by atoms with E-state index in [1.807, 2.05) is 6.07 Å². The Morgan fingerprint density at radius 3 is 2.05 bits per heavy atom. The Morgan fingerprint density at radius 2 is 1.39 bits per heavy atom. The van der Waals surface area contributed by atoms with Gasteiger partial charge in [-0.15, -0.1) is 0 Å². The van der Waals surface area contributed by atoms with Gasteiger partial charge in [0.2, 0.25) is 0 Å². The predicted molar refractivity (Wildman–Crippen MR) is 142 cm³/mol. The maximum Gasteiger partial charge on any atom is 0.165 e. The maximum absolute atomic E-state index is 15.7. The van der Waals surface area contributed by atoms with E-state index in [9.17, 15) is 4.39 Å². The van der Waals surface area contributed by atoms with Crippen LogP contribution in [-0.2, 0) is 12.8 Å². The topological polar surface area (TPSA) is 23.8 Å². The fourth-order valence-corrected chi connectivity index (χ4v) is 7.58. The number of nitriles is 1. The summed E-state index contributed by atoms with van der Waals surface area (Å²) in [6, 6.07) is 6.48. The molecule has 1 unspecified atom stereocenters. The largest absolute Gasteiger partial charge is 0.206 e. The molecule has 0 heterocycles. The summed E-state index contributed by atoms with van der Waals surface area (Å²) in [5, 5.41) is 8.96. The van der Waals surface area contributed by atoms with Crippen molar-refractivity contribution in [1.82, 2.24) is 0 Å². The minimum atomic E-state index is -0.993. The van der Waals surface area contributed by atoms with Gasteiger partial charge in [-0.05, 0) is 110 Å². The summed E-state index contributed by atoms with van der Waals surface area (Å²) in [4.78, 5) is 0. The number of fused-ring (bicyclic) bond motifs is 1. The van der Waals surface area contributed by atoms with Gasteiger partial charge in [-0.2, -0.15) is 5.26 Å². The lowest BCUT2D eigenvalue weighted by Gasteiger charge is -2.33. The number of benzene rings is 2. The first kappa shape index (κ1) is 27.2. The second-order valence-electron chi connectivity index (χ2n) is 12.2.